The average Bonchev–Trinajstić information content (AvgIpc) is 3.12. The first-order valence-corrected chi connectivity index (χ1v) is 7.68. The highest BCUT2D eigenvalue weighted by atomic mass is 16.3. The van der Waals surface area contributed by atoms with Crippen LogP contribution in [0.25, 0.3) is 11.2 Å². The number of hydrogen-bond acceptors (Lipinski definition) is 6. The summed E-state index contributed by atoms with van der Waals surface area (Å²) in [6.07, 6.45) is 7.73. The SMILES string of the molecule is CC[C@H](C)Nc1nc(N)nc2c1ncn2[C@H]1C=C[C@@H](CO)C1. The molecule has 22 heavy (non-hydrogen) atoms. The summed E-state index contributed by atoms with van der Waals surface area (Å²) in [7, 11) is 0. The molecule has 0 spiro atoms. The molecule has 0 bridgehead atoms. The molecule has 0 saturated carbocycles. The third kappa shape index (κ3) is 2.64. The molecule has 0 saturated heterocycles. The Morgan fingerprint density at radius 3 is 2.95 bits per heavy atom. The second-order valence-electron chi connectivity index (χ2n) is 5.84. The zero-order chi connectivity index (χ0) is 15.7. The van der Waals surface area contributed by atoms with Crippen molar-refractivity contribution in [2.45, 2.75) is 38.8 Å². The van der Waals surface area contributed by atoms with Gasteiger partial charge >= 0.3 is 0 Å². The minimum Gasteiger partial charge on any atom is -0.396 e. The lowest BCUT2D eigenvalue weighted by Gasteiger charge is -2.14. The summed E-state index contributed by atoms with van der Waals surface area (Å²) in [5, 5.41) is 12.6. The van der Waals surface area contributed by atoms with Crippen molar-refractivity contribution in [2.75, 3.05) is 17.7 Å². The van der Waals surface area contributed by atoms with Gasteiger partial charge in [0.2, 0.25) is 5.95 Å². The van der Waals surface area contributed by atoms with Gasteiger partial charge < -0.3 is 20.7 Å². The molecule has 118 valence electrons. The van der Waals surface area contributed by atoms with Crippen molar-refractivity contribution in [1.29, 1.82) is 0 Å². The van der Waals surface area contributed by atoms with E-state index in [-0.39, 0.29) is 30.6 Å². The molecule has 0 unspecified atom stereocenters. The Balaban J connectivity index is 1.99. The molecule has 2 heterocycles. The van der Waals surface area contributed by atoms with E-state index in [4.69, 9.17) is 5.73 Å². The normalized spacial score (nSPS) is 22.3. The number of nitrogen functional groups attached to an aromatic ring is 1. The molecule has 7 heteroatoms. The largest absolute Gasteiger partial charge is 0.396 e. The van der Waals surface area contributed by atoms with E-state index in [1.54, 1.807) is 6.33 Å². The first-order chi connectivity index (χ1) is 10.6. The van der Waals surface area contributed by atoms with Crippen LogP contribution in [0.5, 0.6) is 0 Å². The smallest absolute Gasteiger partial charge is 0.224 e. The quantitative estimate of drug-likeness (QED) is 0.727. The predicted molar refractivity (Wildman–Crippen MR) is 86.5 cm³/mol. The minimum absolute atomic E-state index is 0.146. The molecule has 3 atom stereocenters. The van der Waals surface area contributed by atoms with Gasteiger partial charge in [-0.1, -0.05) is 19.1 Å². The Bertz CT molecular complexity index is 695. The van der Waals surface area contributed by atoms with Crippen molar-refractivity contribution in [2.24, 2.45) is 5.92 Å². The number of rotatable bonds is 5. The van der Waals surface area contributed by atoms with Crippen molar-refractivity contribution in [3.63, 3.8) is 0 Å². The fourth-order valence-electron chi connectivity index (χ4n) is 2.71. The maximum absolute atomic E-state index is 9.28. The van der Waals surface area contributed by atoms with Crippen molar-refractivity contribution < 1.29 is 5.11 Å². The number of nitrogens with two attached hydrogens (primary N) is 1. The highest BCUT2D eigenvalue weighted by Gasteiger charge is 2.23. The van der Waals surface area contributed by atoms with Crippen LogP contribution in [0.3, 0.4) is 0 Å². The summed E-state index contributed by atoms with van der Waals surface area (Å²) in [4.78, 5) is 13.1. The number of aliphatic hydroxyl groups is 1. The summed E-state index contributed by atoms with van der Waals surface area (Å²) in [5.74, 6) is 1.11. The van der Waals surface area contributed by atoms with Gasteiger partial charge in [0.25, 0.3) is 0 Å². The van der Waals surface area contributed by atoms with Crippen LogP contribution in [0.15, 0.2) is 18.5 Å². The van der Waals surface area contributed by atoms with Crippen LogP contribution in [0.1, 0.15) is 32.7 Å². The molecule has 0 radical (unpaired) electrons. The van der Waals surface area contributed by atoms with E-state index in [2.05, 4.69) is 40.2 Å². The third-order valence-corrected chi connectivity index (χ3v) is 4.18. The molecule has 1 aliphatic carbocycles. The number of hydrogen-bond donors (Lipinski definition) is 3. The van der Waals surface area contributed by atoms with E-state index >= 15 is 0 Å². The molecule has 2 aromatic heterocycles. The van der Waals surface area contributed by atoms with Gasteiger partial charge in [-0.05, 0) is 19.8 Å². The molecule has 0 amide bonds. The van der Waals surface area contributed by atoms with E-state index in [0.717, 1.165) is 24.0 Å². The summed E-state index contributed by atoms with van der Waals surface area (Å²) in [6, 6.07) is 0.431. The Kier molecular flexibility index (Phi) is 3.98. The topological polar surface area (TPSA) is 102 Å². The van der Waals surface area contributed by atoms with E-state index in [1.165, 1.54) is 0 Å². The lowest BCUT2D eigenvalue weighted by atomic mass is 10.1. The Morgan fingerprint density at radius 1 is 1.45 bits per heavy atom. The fraction of sp³-hybridized carbons (Fsp3) is 0.533. The Morgan fingerprint density at radius 2 is 2.27 bits per heavy atom. The van der Waals surface area contributed by atoms with Crippen molar-refractivity contribution in [3.8, 4) is 0 Å². The molecular formula is C15H22N6O. The molecule has 4 N–H and O–H groups in total. The Hall–Kier alpha value is -2.15. The van der Waals surface area contributed by atoms with Crippen LogP contribution in [-0.2, 0) is 0 Å². The zero-order valence-electron chi connectivity index (χ0n) is 12.9. The number of allylic oxidation sites excluding steroid dienone is 1. The van der Waals surface area contributed by atoms with Gasteiger partial charge in [-0.2, -0.15) is 9.97 Å². The molecule has 2 aromatic rings. The first-order valence-electron chi connectivity index (χ1n) is 7.68. The van der Waals surface area contributed by atoms with Crippen LogP contribution in [-0.4, -0.2) is 37.3 Å². The lowest BCUT2D eigenvalue weighted by Crippen LogP contribution is -2.16. The fourth-order valence-corrected chi connectivity index (χ4v) is 2.71. The average molecular weight is 302 g/mol. The van der Waals surface area contributed by atoms with E-state index in [0.29, 0.717) is 5.82 Å². The van der Waals surface area contributed by atoms with Crippen LogP contribution in [0.2, 0.25) is 0 Å². The van der Waals surface area contributed by atoms with Crippen LogP contribution in [0.4, 0.5) is 11.8 Å². The van der Waals surface area contributed by atoms with Gasteiger partial charge in [0.15, 0.2) is 17.0 Å². The maximum Gasteiger partial charge on any atom is 0.224 e. The molecule has 7 nitrogen and oxygen atoms in total. The number of aromatic nitrogens is 4. The molecule has 0 fully saturated rings. The van der Waals surface area contributed by atoms with Crippen molar-refractivity contribution in [1.82, 2.24) is 19.5 Å². The third-order valence-electron chi connectivity index (χ3n) is 4.18. The van der Waals surface area contributed by atoms with E-state index < -0.39 is 0 Å². The van der Waals surface area contributed by atoms with Crippen LogP contribution in [0, 0.1) is 5.92 Å². The zero-order valence-corrected chi connectivity index (χ0v) is 12.9. The summed E-state index contributed by atoms with van der Waals surface area (Å²) < 4.78 is 2.00. The van der Waals surface area contributed by atoms with Crippen molar-refractivity contribution >= 4 is 22.9 Å². The van der Waals surface area contributed by atoms with E-state index in [1.807, 2.05) is 10.6 Å². The standard InChI is InChI=1S/C15H22N6O/c1-3-9(2)18-13-12-14(20-15(16)19-13)21(8-17-12)11-5-4-10(6-11)7-22/h4-5,8-11,22H,3,6-7H2,1-2H3,(H3,16,18,19,20)/t9-,10+,11-/m0/s1. The Labute approximate surface area is 129 Å². The van der Waals surface area contributed by atoms with Crippen LogP contribution >= 0.6 is 0 Å². The number of imidazole rings is 1. The predicted octanol–water partition coefficient (Wildman–Crippen LogP) is 1.73. The van der Waals surface area contributed by atoms with Gasteiger partial charge in [-0.15, -0.1) is 0 Å². The minimum atomic E-state index is 0.146. The van der Waals surface area contributed by atoms with Gasteiger partial charge in [0.05, 0.1) is 12.4 Å². The summed E-state index contributed by atoms with van der Waals surface area (Å²) in [6.45, 7) is 4.36. The van der Waals surface area contributed by atoms with Gasteiger partial charge in [-0.25, -0.2) is 4.98 Å². The highest BCUT2D eigenvalue weighted by Crippen LogP contribution is 2.31. The van der Waals surface area contributed by atoms with Gasteiger partial charge in [0.1, 0.15) is 0 Å². The number of anilines is 2. The monoisotopic (exact) mass is 302 g/mol. The molecule has 0 aliphatic heterocycles. The van der Waals surface area contributed by atoms with Crippen molar-refractivity contribution in [3.05, 3.63) is 18.5 Å². The number of fused-ring (bicyclic) bond motifs is 1. The molecular weight excluding hydrogens is 280 g/mol. The lowest BCUT2D eigenvalue weighted by molar-refractivity contribution is 0.244. The maximum atomic E-state index is 9.28. The molecule has 0 aromatic carbocycles. The molecule has 3 rings (SSSR count). The van der Waals surface area contributed by atoms with Gasteiger partial charge in [0, 0.05) is 18.6 Å². The second-order valence-corrected chi connectivity index (χ2v) is 5.84. The number of nitrogens with zero attached hydrogens (tertiary/aromatic N) is 4. The highest BCUT2D eigenvalue weighted by molar-refractivity contribution is 5.84. The number of aliphatic hydroxyl groups excluding tert-OH is 1. The summed E-state index contributed by atoms with van der Waals surface area (Å²) >= 11 is 0. The second kappa shape index (κ2) is 5.92. The number of nitrogens with one attached hydrogen (secondary N) is 1. The van der Waals surface area contributed by atoms with Crippen LogP contribution < -0.4 is 11.1 Å². The first kappa shape index (κ1) is 14.8. The van der Waals surface area contributed by atoms with E-state index in [9.17, 15) is 5.11 Å². The molecule has 1 aliphatic rings. The summed E-state index contributed by atoms with van der Waals surface area (Å²) in [5.41, 5.74) is 7.32. The van der Waals surface area contributed by atoms with Gasteiger partial charge in [-0.3, -0.25) is 0 Å².